The third kappa shape index (κ3) is 3.17. The normalized spacial score (nSPS) is 10.2. The van der Waals surface area contributed by atoms with Crippen LogP contribution in [0.5, 0.6) is 5.75 Å². The molecule has 0 unspecified atom stereocenters. The van der Waals surface area contributed by atoms with Crippen molar-refractivity contribution in [3.8, 4) is 5.75 Å². The van der Waals surface area contributed by atoms with Crippen molar-refractivity contribution in [2.75, 3.05) is 12.4 Å². The van der Waals surface area contributed by atoms with Crippen molar-refractivity contribution in [3.63, 3.8) is 0 Å². The molecule has 0 aliphatic heterocycles. The van der Waals surface area contributed by atoms with Gasteiger partial charge in [-0.3, -0.25) is 9.78 Å². The topological polar surface area (TPSA) is 51.2 Å². The Kier molecular flexibility index (Phi) is 4.39. The van der Waals surface area contributed by atoms with Crippen LogP contribution in [0.3, 0.4) is 0 Å². The monoisotopic (exact) mass is 334 g/mol. The summed E-state index contributed by atoms with van der Waals surface area (Å²) in [5.41, 5.74) is 2.76. The lowest BCUT2D eigenvalue weighted by atomic mass is 10.1. The van der Waals surface area contributed by atoms with E-state index in [1.165, 1.54) is 0 Å². The molecule has 0 aliphatic carbocycles. The second-order valence-electron chi connectivity index (χ2n) is 4.38. The van der Waals surface area contributed by atoms with Gasteiger partial charge >= 0.3 is 0 Å². The zero-order valence-electron chi connectivity index (χ0n) is 11.5. The van der Waals surface area contributed by atoms with Gasteiger partial charge in [0.2, 0.25) is 0 Å². The summed E-state index contributed by atoms with van der Waals surface area (Å²) in [4.78, 5) is 16.6. The Morgan fingerprint density at radius 2 is 2.00 bits per heavy atom. The highest BCUT2D eigenvalue weighted by molar-refractivity contribution is 9.10. The Balaban J connectivity index is 2.30. The number of aryl methyl sites for hydroxylation is 2. The van der Waals surface area contributed by atoms with E-state index in [2.05, 4.69) is 26.2 Å². The first-order valence-corrected chi connectivity index (χ1v) is 6.89. The van der Waals surface area contributed by atoms with Gasteiger partial charge < -0.3 is 10.1 Å². The molecule has 0 spiro atoms. The Hall–Kier alpha value is -1.88. The Bertz CT molecular complexity index is 656. The van der Waals surface area contributed by atoms with Gasteiger partial charge in [-0.15, -0.1) is 0 Å². The lowest BCUT2D eigenvalue weighted by Crippen LogP contribution is -2.15. The number of rotatable bonds is 3. The molecule has 0 radical (unpaired) electrons. The number of carbonyl (C=O) groups excluding carboxylic acids is 1. The number of anilines is 1. The molecule has 0 saturated carbocycles. The molecule has 0 fully saturated rings. The van der Waals surface area contributed by atoms with Crippen molar-refractivity contribution in [3.05, 3.63) is 51.8 Å². The standard InChI is InChI=1S/C15H15BrN2O2/c1-9-4-6-12(10(2)17-9)15(19)18-13-8-11(16)5-7-14(13)20-3/h4-8H,1-3H3,(H,18,19). The summed E-state index contributed by atoms with van der Waals surface area (Å²) in [5, 5.41) is 2.84. The number of methoxy groups -OCH3 is 1. The number of nitrogens with zero attached hydrogens (tertiary/aromatic N) is 1. The number of hydrogen-bond donors (Lipinski definition) is 1. The van der Waals surface area contributed by atoms with E-state index in [9.17, 15) is 4.79 Å². The molecule has 5 heteroatoms. The number of hydrogen-bond acceptors (Lipinski definition) is 3. The maximum Gasteiger partial charge on any atom is 0.257 e. The number of ether oxygens (including phenoxy) is 1. The molecular formula is C15H15BrN2O2. The SMILES string of the molecule is COc1ccc(Br)cc1NC(=O)c1ccc(C)nc1C. The minimum atomic E-state index is -0.202. The van der Waals surface area contributed by atoms with E-state index >= 15 is 0 Å². The number of nitrogens with one attached hydrogen (secondary N) is 1. The predicted octanol–water partition coefficient (Wildman–Crippen LogP) is 3.72. The van der Waals surface area contributed by atoms with Gasteiger partial charge in [-0.2, -0.15) is 0 Å². The van der Waals surface area contributed by atoms with Crippen LogP contribution in [-0.2, 0) is 0 Å². The van der Waals surface area contributed by atoms with Crippen LogP contribution in [0.4, 0.5) is 5.69 Å². The number of pyridine rings is 1. The lowest BCUT2D eigenvalue weighted by molar-refractivity contribution is 0.102. The fourth-order valence-electron chi connectivity index (χ4n) is 1.89. The summed E-state index contributed by atoms with van der Waals surface area (Å²) < 4.78 is 6.10. The zero-order valence-corrected chi connectivity index (χ0v) is 13.1. The van der Waals surface area contributed by atoms with Gasteiger partial charge in [0.15, 0.2) is 0 Å². The van der Waals surface area contributed by atoms with Crippen LogP contribution in [0.25, 0.3) is 0 Å². The highest BCUT2D eigenvalue weighted by atomic mass is 79.9. The molecule has 4 nitrogen and oxygen atoms in total. The number of benzene rings is 1. The molecule has 0 atom stereocenters. The highest BCUT2D eigenvalue weighted by Gasteiger charge is 2.13. The van der Waals surface area contributed by atoms with Gasteiger partial charge in [-0.05, 0) is 44.2 Å². The van der Waals surface area contributed by atoms with Crippen LogP contribution in [0.15, 0.2) is 34.8 Å². The third-order valence-corrected chi connectivity index (χ3v) is 3.37. The Labute approximate surface area is 126 Å². The average molecular weight is 335 g/mol. The second kappa shape index (κ2) is 6.05. The van der Waals surface area contributed by atoms with E-state index in [-0.39, 0.29) is 5.91 Å². The van der Waals surface area contributed by atoms with Gasteiger partial charge in [0.25, 0.3) is 5.91 Å². The van der Waals surface area contributed by atoms with Crippen molar-refractivity contribution in [1.29, 1.82) is 0 Å². The summed E-state index contributed by atoms with van der Waals surface area (Å²) in [7, 11) is 1.57. The molecule has 2 aromatic rings. The number of carbonyl (C=O) groups is 1. The third-order valence-electron chi connectivity index (χ3n) is 2.88. The van der Waals surface area contributed by atoms with Crippen molar-refractivity contribution in [2.24, 2.45) is 0 Å². The van der Waals surface area contributed by atoms with Crippen LogP contribution < -0.4 is 10.1 Å². The quantitative estimate of drug-likeness (QED) is 0.930. The smallest absolute Gasteiger partial charge is 0.257 e. The molecule has 20 heavy (non-hydrogen) atoms. The molecule has 104 valence electrons. The summed E-state index contributed by atoms with van der Waals surface area (Å²) >= 11 is 3.38. The largest absolute Gasteiger partial charge is 0.495 e. The van der Waals surface area contributed by atoms with Crippen LogP contribution in [0.2, 0.25) is 0 Å². The maximum absolute atomic E-state index is 12.3. The molecule has 1 aromatic carbocycles. The van der Waals surface area contributed by atoms with E-state index in [0.717, 1.165) is 10.2 Å². The molecule has 0 bridgehead atoms. The van der Waals surface area contributed by atoms with Crippen LogP contribution >= 0.6 is 15.9 Å². The van der Waals surface area contributed by atoms with Crippen molar-refractivity contribution in [1.82, 2.24) is 4.98 Å². The zero-order chi connectivity index (χ0) is 14.7. The Morgan fingerprint density at radius 3 is 2.65 bits per heavy atom. The second-order valence-corrected chi connectivity index (χ2v) is 5.30. The van der Waals surface area contributed by atoms with Crippen LogP contribution in [0.1, 0.15) is 21.7 Å². The molecule has 0 saturated heterocycles. The molecule has 1 N–H and O–H groups in total. The minimum Gasteiger partial charge on any atom is -0.495 e. The van der Waals surface area contributed by atoms with E-state index in [4.69, 9.17) is 4.74 Å². The van der Waals surface area contributed by atoms with Gasteiger partial charge in [0, 0.05) is 10.2 Å². The number of halogens is 1. The van der Waals surface area contributed by atoms with E-state index in [1.807, 2.05) is 26.0 Å². The maximum atomic E-state index is 12.3. The van der Waals surface area contributed by atoms with Crippen LogP contribution in [0, 0.1) is 13.8 Å². The van der Waals surface area contributed by atoms with Gasteiger partial charge in [0.05, 0.1) is 24.1 Å². The van der Waals surface area contributed by atoms with Gasteiger partial charge in [-0.25, -0.2) is 0 Å². The summed E-state index contributed by atoms with van der Waals surface area (Å²) in [6.45, 7) is 3.71. The van der Waals surface area contributed by atoms with Gasteiger partial charge in [-0.1, -0.05) is 15.9 Å². The molecule has 1 amide bonds. The molecule has 2 rings (SSSR count). The Morgan fingerprint density at radius 1 is 1.25 bits per heavy atom. The molecular weight excluding hydrogens is 320 g/mol. The lowest BCUT2D eigenvalue weighted by Gasteiger charge is -2.11. The number of amides is 1. The molecule has 1 heterocycles. The van der Waals surface area contributed by atoms with Crippen molar-refractivity contribution in [2.45, 2.75) is 13.8 Å². The first-order valence-electron chi connectivity index (χ1n) is 6.10. The average Bonchev–Trinajstić information content (AvgIpc) is 2.38. The van der Waals surface area contributed by atoms with E-state index < -0.39 is 0 Å². The summed E-state index contributed by atoms with van der Waals surface area (Å²) in [6, 6.07) is 9.04. The van der Waals surface area contributed by atoms with E-state index in [0.29, 0.717) is 22.7 Å². The first-order chi connectivity index (χ1) is 9.51. The summed E-state index contributed by atoms with van der Waals surface area (Å²) in [6.07, 6.45) is 0. The highest BCUT2D eigenvalue weighted by Crippen LogP contribution is 2.28. The van der Waals surface area contributed by atoms with Crippen molar-refractivity contribution < 1.29 is 9.53 Å². The fraction of sp³-hybridized carbons (Fsp3) is 0.200. The molecule has 0 aliphatic rings. The van der Waals surface area contributed by atoms with Crippen LogP contribution in [-0.4, -0.2) is 18.0 Å². The summed E-state index contributed by atoms with van der Waals surface area (Å²) in [5.74, 6) is 0.408. The number of aromatic nitrogens is 1. The van der Waals surface area contributed by atoms with Crippen molar-refractivity contribution >= 4 is 27.5 Å². The molecule has 1 aromatic heterocycles. The van der Waals surface area contributed by atoms with E-state index in [1.54, 1.807) is 25.3 Å². The first kappa shape index (κ1) is 14.5. The predicted molar refractivity (Wildman–Crippen MR) is 82.4 cm³/mol. The van der Waals surface area contributed by atoms with Gasteiger partial charge in [0.1, 0.15) is 5.75 Å². The minimum absolute atomic E-state index is 0.202. The fourth-order valence-corrected chi connectivity index (χ4v) is 2.26.